The minimum atomic E-state index is -0.409. The van der Waals surface area contributed by atoms with E-state index in [1.807, 2.05) is 0 Å². The number of nitrogens with two attached hydrogens (primary N) is 1. The van der Waals surface area contributed by atoms with Crippen molar-refractivity contribution in [2.24, 2.45) is 5.73 Å². The van der Waals surface area contributed by atoms with E-state index in [1.54, 1.807) is 6.07 Å². The maximum atomic E-state index is 14.4. The first-order valence-electron chi connectivity index (χ1n) is 6.16. The van der Waals surface area contributed by atoms with Gasteiger partial charge >= 0.3 is 0 Å². The average Bonchev–Trinajstić information content (AvgIpc) is 3.02. The van der Waals surface area contributed by atoms with Gasteiger partial charge in [-0.2, -0.15) is 0 Å². The van der Waals surface area contributed by atoms with E-state index in [9.17, 15) is 4.39 Å². The molecule has 18 heavy (non-hydrogen) atoms. The number of halogens is 2. The molecule has 1 fully saturated rings. The number of ether oxygens (including phenoxy) is 2. The third-order valence-corrected chi connectivity index (χ3v) is 4.41. The van der Waals surface area contributed by atoms with Crippen LogP contribution in [-0.4, -0.2) is 13.3 Å². The molecule has 5 heteroatoms. The Bertz CT molecular complexity index is 486. The highest BCUT2D eigenvalue weighted by Gasteiger charge is 2.39. The number of hydrogen-bond acceptors (Lipinski definition) is 3. The summed E-state index contributed by atoms with van der Waals surface area (Å²) >= 11 is 6.02. The van der Waals surface area contributed by atoms with Crippen molar-refractivity contribution in [3.63, 3.8) is 0 Å². The predicted octanol–water partition coefficient (Wildman–Crippen LogP) is 2.98. The van der Waals surface area contributed by atoms with Crippen LogP contribution in [0.25, 0.3) is 0 Å². The Morgan fingerprint density at radius 3 is 2.72 bits per heavy atom. The summed E-state index contributed by atoms with van der Waals surface area (Å²) in [4.78, 5) is 0. The molecule has 0 spiro atoms. The van der Waals surface area contributed by atoms with Crippen LogP contribution >= 0.6 is 11.6 Å². The highest BCUT2D eigenvalue weighted by Crippen LogP contribution is 2.48. The van der Waals surface area contributed by atoms with Gasteiger partial charge in [-0.15, -0.1) is 0 Å². The smallest absolute Gasteiger partial charge is 0.231 e. The van der Waals surface area contributed by atoms with E-state index in [-0.39, 0.29) is 17.2 Å². The molecular formula is C13H15ClFNO2. The molecule has 3 rings (SSSR count). The van der Waals surface area contributed by atoms with E-state index in [1.165, 1.54) is 0 Å². The van der Waals surface area contributed by atoms with Crippen molar-refractivity contribution in [1.82, 2.24) is 0 Å². The Morgan fingerprint density at radius 1 is 1.33 bits per heavy atom. The molecule has 0 bridgehead atoms. The second-order valence-electron chi connectivity index (χ2n) is 4.98. The number of fused-ring (bicyclic) bond motifs is 1. The monoisotopic (exact) mass is 271 g/mol. The first-order valence-corrected chi connectivity index (χ1v) is 6.54. The molecule has 0 amide bonds. The SMILES string of the molecule is NCC1(c2cc3c(c(Cl)c2F)OCO3)CCCC1. The summed E-state index contributed by atoms with van der Waals surface area (Å²) < 4.78 is 24.9. The van der Waals surface area contributed by atoms with Gasteiger partial charge in [-0.25, -0.2) is 4.39 Å². The Kier molecular flexibility index (Phi) is 2.87. The number of rotatable bonds is 2. The minimum Gasteiger partial charge on any atom is -0.454 e. The van der Waals surface area contributed by atoms with E-state index in [4.69, 9.17) is 26.8 Å². The van der Waals surface area contributed by atoms with Crippen LogP contribution < -0.4 is 15.2 Å². The summed E-state index contributed by atoms with van der Waals surface area (Å²) in [6.07, 6.45) is 3.94. The maximum Gasteiger partial charge on any atom is 0.231 e. The van der Waals surface area contributed by atoms with Crippen molar-refractivity contribution in [2.45, 2.75) is 31.1 Å². The molecule has 1 aliphatic heterocycles. The Hall–Kier alpha value is -1.00. The molecular weight excluding hydrogens is 257 g/mol. The first-order chi connectivity index (χ1) is 8.68. The molecule has 1 saturated carbocycles. The van der Waals surface area contributed by atoms with Gasteiger partial charge in [0.1, 0.15) is 10.8 Å². The molecule has 3 nitrogen and oxygen atoms in total. The zero-order valence-electron chi connectivity index (χ0n) is 9.97. The fourth-order valence-corrected chi connectivity index (χ4v) is 3.25. The van der Waals surface area contributed by atoms with E-state index in [0.29, 0.717) is 23.6 Å². The van der Waals surface area contributed by atoms with Gasteiger partial charge in [-0.05, 0) is 18.9 Å². The summed E-state index contributed by atoms with van der Waals surface area (Å²) in [5, 5.41) is 0.0136. The van der Waals surface area contributed by atoms with E-state index in [0.717, 1.165) is 25.7 Å². The molecule has 1 aromatic carbocycles. The van der Waals surface area contributed by atoms with Gasteiger partial charge in [0.25, 0.3) is 0 Å². The Balaban J connectivity index is 2.15. The summed E-state index contributed by atoms with van der Waals surface area (Å²) in [6.45, 7) is 0.521. The second kappa shape index (κ2) is 4.28. The zero-order valence-corrected chi connectivity index (χ0v) is 10.7. The van der Waals surface area contributed by atoms with E-state index >= 15 is 0 Å². The molecule has 1 aromatic rings. The zero-order chi connectivity index (χ0) is 12.8. The van der Waals surface area contributed by atoms with Crippen molar-refractivity contribution < 1.29 is 13.9 Å². The fraction of sp³-hybridized carbons (Fsp3) is 0.538. The van der Waals surface area contributed by atoms with Crippen LogP contribution in [0.4, 0.5) is 4.39 Å². The van der Waals surface area contributed by atoms with Crippen LogP contribution in [-0.2, 0) is 5.41 Å². The Morgan fingerprint density at radius 2 is 2.06 bits per heavy atom. The van der Waals surface area contributed by atoms with E-state index in [2.05, 4.69) is 0 Å². The van der Waals surface area contributed by atoms with Crippen LogP contribution in [0.1, 0.15) is 31.2 Å². The third-order valence-electron chi connectivity index (χ3n) is 4.07. The quantitative estimate of drug-likeness (QED) is 0.899. The summed E-state index contributed by atoms with van der Waals surface area (Å²) in [6, 6.07) is 1.71. The van der Waals surface area contributed by atoms with Crippen molar-refractivity contribution in [3.05, 3.63) is 22.5 Å². The maximum absolute atomic E-state index is 14.4. The van der Waals surface area contributed by atoms with Gasteiger partial charge in [-0.3, -0.25) is 0 Å². The lowest BCUT2D eigenvalue weighted by Gasteiger charge is -2.28. The minimum absolute atomic E-state index is 0.0136. The van der Waals surface area contributed by atoms with Crippen LogP contribution in [0, 0.1) is 5.82 Å². The van der Waals surface area contributed by atoms with Gasteiger partial charge in [0.15, 0.2) is 11.5 Å². The first kappa shape index (κ1) is 12.1. The average molecular weight is 272 g/mol. The van der Waals surface area contributed by atoms with E-state index < -0.39 is 5.82 Å². The highest BCUT2D eigenvalue weighted by atomic mass is 35.5. The highest BCUT2D eigenvalue weighted by molar-refractivity contribution is 6.32. The largest absolute Gasteiger partial charge is 0.454 e. The van der Waals surface area contributed by atoms with Crippen molar-refractivity contribution in [2.75, 3.05) is 13.3 Å². The van der Waals surface area contributed by atoms with Crippen LogP contribution in [0.2, 0.25) is 5.02 Å². The molecule has 0 saturated heterocycles. The summed E-state index contributed by atoms with van der Waals surface area (Å²) in [5.41, 5.74) is 6.17. The molecule has 1 heterocycles. The molecule has 2 N–H and O–H groups in total. The number of hydrogen-bond donors (Lipinski definition) is 1. The summed E-state index contributed by atoms with van der Waals surface area (Å²) in [7, 11) is 0. The van der Waals surface area contributed by atoms with Crippen LogP contribution in [0.15, 0.2) is 6.07 Å². The van der Waals surface area contributed by atoms with Gasteiger partial charge in [0.05, 0.1) is 0 Å². The fourth-order valence-electron chi connectivity index (χ4n) is 3.00. The molecule has 0 radical (unpaired) electrons. The second-order valence-corrected chi connectivity index (χ2v) is 5.36. The van der Waals surface area contributed by atoms with Gasteiger partial charge in [0, 0.05) is 17.5 Å². The molecule has 2 aliphatic rings. The lowest BCUT2D eigenvalue weighted by atomic mass is 9.78. The molecule has 0 atom stereocenters. The Labute approximate surface area is 110 Å². The van der Waals surface area contributed by atoms with Crippen LogP contribution in [0.3, 0.4) is 0 Å². The lowest BCUT2D eigenvalue weighted by molar-refractivity contribution is 0.174. The third kappa shape index (κ3) is 1.59. The number of benzene rings is 1. The van der Waals surface area contributed by atoms with Crippen molar-refractivity contribution >= 4 is 11.6 Å². The lowest BCUT2D eigenvalue weighted by Crippen LogP contribution is -2.33. The molecule has 0 unspecified atom stereocenters. The molecule has 98 valence electrons. The normalized spacial score (nSPS) is 20.4. The van der Waals surface area contributed by atoms with Gasteiger partial charge in [-0.1, -0.05) is 24.4 Å². The van der Waals surface area contributed by atoms with Crippen molar-refractivity contribution in [3.8, 4) is 11.5 Å². The molecule has 1 aliphatic carbocycles. The van der Waals surface area contributed by atoms with Gasteiger partial charge in [0.2, 0.25) is 6.79 Å². The van der Waals surface area contributed by atoms with Gasteiger partial charge < -0.3 is 15.2 Å². The standard InChI is InChI=1S/C13H15ClFNO2/c14-10-11(15)8(5-9-12(10)18-7-17-9)13(6-16)3-1-2-4-13/h5H,1-4,6-7,16H2. The van der Waals surface area contributed by atoms with Crippen molar-refractivity contribution in [1.29, 1.82) is 0 Å². The predicted molar refractivity (Wildman–Crippen MR) is 66.7 cm³/mol. The topological polar surface area (TPSA) is 44.5 Å². The van der Waals surface area contributed by atoms with Crippen LogP contribution in [0.5, 0.6) is 11.5 Å². The summed E-state index contributed by atoms with van der Waals surface area (Å²) in [5.74, 6) is 0.424. The molecule has 0 aromatic heterocycles.